The number of Topliss-reactive ketones (excluding diaryl/α,β-unsaturated/α-hetero) is 1. The number of ether oxygens (including phenoxy) is 1. The molecule has 1 atom stereocenters. The van der Waals surface area contributed by atoms with Gasteiger partial charge in [-0.15, -0.1) is 0 Å². The lowest BCUT2D eigenvalue weighted by atomic mass is 9.81. The van der Waals surface area contributed by atoms with Crippen LogP contribution >= 0.6 is 0 Å². The Balaban J connectivity index is -0.000000497. The van der Waals surface area contributed by atoms with Crippen LogP contribution in [0.25, 0.3) is 0 Å². The molecule has 0 saturated heterocycles. The maximum absolute atomic E-state index is 11.7. The quantitative estimate of drug-likeness (QED) is 0.432. The van der Waals surface area contributed by atoms with Crippen molar-refractivity contribution in [1.29, 1.82) is 0 Å². The number of primary amides is 1. The van der Waals surface area contributed by atoms with Gasteiger partial charge in [0, 0.05) is 47.3 Å². The lowest BCUT2D eigenvalue weighted by Gasteiger charge is -2.22. The van der Waals surface area contributed by atoms with Gasteiger partial charge in [0.25, 0.3) is 0 Å². The second-order valence-electron chi connectivity index (χ2n) is 8.54. The zero-order chi connectivity index (χ0) is 22.1. The number of ketones is 1. The third-order valence-electron chi connectivity index (χ3n) is 5.17. The predicted molar refractivity (Wildman–Crippen MR) is 122 cm³/mol. The van der Waals surface area contributed by atoms with Crippen LogP contribution in [0.2, 0.25) is 0 Å². The molecule has 0 aromatic heterocycles. The van der Waals surface area contributed by atoms with E-state index in [1.54, 1.807) is 0 Å². The molecular formula is C23H48N2O4. The highest BCUT2D eigenvalue weighted by molar-refractivity contribution is 5.83. The Kier molecular flexibility index (Phi) is 16.6. The summed E-state index contributed by atoms with van der Waals surface area (Å²) in [5, 5.41) is 2.77. The van der Waals surface area contributed by atoms with Crippen LogP contribution in [-0.4, -0.2) is 37.4 Å². The Hall–Kier alpha value is -1.43. The molecule has 0 aromatic carbocycles. The van der Waals surface area contributed by atoms with Crippen molar-refractivity contribution in [2.24, 2.45) is 23.5 Å². The smallest absolute Gasteiger partial charge is 0.220 e. The summed E-state index contributed by atoms with van der Waals surface area (Å²) >= 11 is 0. The summed E-state index contributed by atoms with van der Waals surface area (Å²) in [6, 6.07) is 0. The number of hydrogen-bond acceptors (Lipinski definition) is 4. The van der Waals surface area contributed by atoms with Gasteiger partial charge in [-0.3, -0.25) is 14.4 Å². The topological polar surface area (TPSA) is 98.5 Å². The highest BCUT2D eigenvalue weighted by atomic mass is 16.5. The molecule has 6 heteroatoms. The minimum absolute atomic E-state index is 0. The van der Waals surface area contributed by atoms with Crippen molar-refractivity contribution in [3.8, 4) is 0 Å². The fourth-order valence-electron chi connectivity index (χ4n) is 3.22. The van der Waals surface area contributed by atoms with Gasteiger partial charge in [0.15, 0.2) is 0 Å². The molecule has 29 heavy (non-hydrogen) atoms. The van der Waals surface area contributed by atoms with Gasteiger partial charge in [0.2, 0.25) is 11.8 Å². The van der Waals surface area contributed by atoms with Gasteiger partial charge in [0.05, 0.1) is 0 Å². The summed E-state index contributed by atoms with van der Waals surface area (Å²) < 4.78 is 5.38. The van der Waals surface area contributed by atoms with Gasteiger partial charge in [-0.05, 0) is 38.0 Å². The molecule has 1 aliphatic carbocycles. The Morgan fingerprint density at radius 1 is 1.07 bits per heavy atom. The molecule has 1 unspecified atom stereocenters. The van der Waals surface area contributed by atoms with Crippen molar-refractivity contribution < 1.29 is 22.0 Å². The Morgan fingerprint density at radius 3 is 2.28 bits per heavy atom. The van der Waals surface area contributed by atoms with E-state index in [4.69, 9.17) is 10.5 Å². The Labute approximate surface area is 180 Å². The van der Waals surface area contributed by atoms with Gasteiger partial charge in [-0.25, -0.2) is 0 Å². The van der Waals surface area contributed by atoms with Crippen LogP contribution in [0.15, 0.2) is 0 Å². The molecule has 1 fully saturated rings. The minimum atomic E-state index is -0.361. The van der Waals surface area contributed by atoms with E-state index in [-0.39, 0.29) is 21.1 Å². The maximum Gasteiger partial charge on any atom is 0.220 e. The lowest BCUT2D eigenvalue weighted by Crippen LogP contribution is -2.25. The van der Waals surface area contributed by atoms with E-state index in [2.05, 4.69) is 33.0 Å². The normalized spacial score (nSPS) is 15.3. The van der Waals surface area contributed by atoms with Crippen LogP contribution in [0.1, 0.15) is 94.8 Å². The van der Waals surface area contributed by atoms with Crippen LogP contribution in [0.3, 0.4) is 0 Å². The summed E-state index contributed by atoms with van der Waals surface area (Å²) in [6.07, 6.45) is 9.16. The Morgan fingerprint density at radius 2 is 1.72 bits per heavy atom. The SMILES string of the molecule is CC(C)COCCCNC(=O)CCCC(N)=O.CCC(C)C(=O)C1CCCCC1.[HH].[HH]. The zero-order valence-corrected chi connectivity index (χ0v) is 19.1. The van der Waals surface area contributed by atoms with E-state index in [0.717, 1.165) is 32.3 Å². The van der Waals surface area contributed by atoms with Crippen molar-refractivity contribution in [1.82, 2.24) is 5.32 Å². The number of nitrogens with two attached hydrogens (primary N) is 1. The minimum Gasteiger partial charge on any atom is -0.381 e. The largest absolute Gasteiger partial charge is 0.381 e. The van der Waals surface area contributed by atoms with Crippen molar-refractivity contribution in [2.75, 3.05) is 19.8 Å². The fourth-order valence-corrected chi connectivity index (χ4v) is 3.22. The van der Waals surface area contributed by atoms with E-state index in [0.29, 0.717) is 49.5 Å². The van der Waals surface area contributed by atoms with Crippen molar-refractivity contribution >= 4 is 17.6 Å². The molecule has 0 spiro atoms. The number of carbonyl (C=O) groups is 3. The van der Waals surface area contributed by atoms with Gasteiger partial charge < -0.3 is 15.8 Å². The molecule has 6 nitrogen and oxygen atoms in total. The average Bonchev–Trinajstić information content (AvgIpc) is 2.70. The molecule has 0 aliphatic heterocycles. The molecule has 1 aliphatic rings. The van der Waals surface area contributed by atoms with Crippen LogP contribution in [-0.2, 0) is 19.1 Å². The first-order valence-corrected chi connectivity index (χ1v) is 11.4. The maximum atomic E-state index is 11.7. The predicted octanol–water partition coefficient (Wildman–Crippen LogP) is 4.49. The van der Waals surface area contributed by atoms with Crippen molar-refractivity contribution in [2.45, 2.75) is 91.9 Å². The first kappa shape index (κ1) is 27.6. The monoisotopic (exact) mass is 416 g/mol. The van der Waals surface area contributed by atoms with E-state index in [1.807, 2.05) is 0 Å². The number of carbonyl (C=O) groups excluding carboxylic acids is 3. The molecule has 3 N–H and O–H groups in total. The van der Waals surface area contributed by atoms with Gasteiger partial charge in [-0.1, -0.05) is 47.0 Å². The summed E-state index contributed by atoms with van der Waals surface area (Å²) in [7, 11) is 0. The molecular weight excluding hydrogens is 368 g/mol. The second-order valence-corrected chi connectivity index (χ2v) is 8.54. The Bertz CT molecular complexity index is 470. The molecule has 0 bridgehead atoms. The van der Waals surface area contributed by atoms with E-state index in [9.17, 15) is 14.4 Å². The molecule has 1 saturated carbocycles. The first-order valence-electron chi connectivity index (χ1n) is 11.4. The molecule has 0 radical (unpaired) electrons. The lowest BCUT2D eigenvalue weighted by molar-refractivity contribution is -0.127. The van der Waals surface area contributed by atoms with E-state index < -0.39 is 0 Å². The highest BCUT2D eigenvalue weighted by Gasteiger charge is 2.24. The number of rotatable bonds is 13. The number of amides is 2. The van der Waals surface area contributed by atoms with Crippen LogP contribution in [0.5, 0.6) is 0 Å². The summed E-state index contributed by atoms with van der Waals surface area (Å²) in [4.78, 5) is 33.4. The molecule has 1 rings (SSSR count). The number of nitrogens with one attached hydrogen (secondary N) is 1. The molecule has 2 amide bonds. The van der Waals surface area contributed by atoms with Crippen LogP contribution in [0.4, 0.5) is 0 Å². The van der Waals surface area contributed by atoms with Crippen LogP contribution in [0, 0.1) is 17.8 Å². The van der Waals surface area contributed by atoms with Gasteiger partial charge in [0.1, 0.15) is 5.78 Å². The molecule has 0 aromatic rings. The number of hydrogen-bond donors (Lipinski definition) is 2. The average molecular weight is 417 g/mol. The first-order chi connectivity index (χ1) is 13.8. The van der Waals surface area contributed by atoms with Crippen LogP contribution < -0.4 is 11.1 Å². The zero-order valence-electron chi connectivity index (χ0n) is 19.1. The van der Waals surface area contributed by atoms with Crippen molar-refractivity contribution in [3.05, 3.63) is 0 Å². The fraction of sp³-hybridized carbons (Fsp3) is 0.870. The van der Waals surface area contributed by atoms with Gasteiger partial charge in [-0.2, -0.15) is 0 Å². The second kappa shape index (κ2) is 17.4. The van der Waals surface area contributed by atoms with Gasteiger partial charge >= 0.3 is 0 Å². The van der Waals surface area contributed by atoms with E-state index >= 15 is 0 Å². The third kappa shape index (κ3) is 16.1. The summed E-state index contributed by atoms with van der Waals surface area (Å²) in [5.41, 5.74) is 4.97. The van der Waals surface area contributed by atoms with Crippen molar-refractivity contribution in [3.63, 3.8) is 0 Å². The highest BCUT2D eigenvalue weighted by Crippen LogP contribution is 2.27. The summed E-state index contributed by atoms with van der Waals surface area (Å²) in [5.74, 6) is 1.38. The summed E-state index contributed by atoms with van der Waals surface area (Å²) in [6.45, 7) is 10.4. The molecule has 174 valence electrons. The molecule has 0 heterocycles. The third-order valence-corrected chi connectivity index (χ3v) is 5.17. The van der Waals surface area contributed by atoms with E-state index in [1.165, 1.54) is 19.3 Å². The standard InChI is InChI=1S/C12H24N2O3.C11H20O.2H2/c1-10(2)9-17-8-4-7-14-12(16)6-3-5-11(13)15;1-3-9(2)11(12)10-7-5-4-6-8-10;;/h10H,3-9H2,1-2H3,(H2,13,15)(H,14,16);9-10H,3-8H2,1-2H3;2*1H.